The molecule has 0 aliphatic carbocycles. The van der Waals surface area contributed by atoms with E-state index in [2.05, 4.69) is 15.5 Å². The first-order valence-corrected chi connectivity index (χ1v) is 12.4. The lowest BCUT2D eigenvalue weighted by Gasteiger charge is -2.12. The molecule has 3 N–H and O–H groups in total. The Morgan fingerprint density at radius 1 is 1.12 bits per heavy atom. The molecule has 1 heterocycles. The number of para-hydroxylation sites is 1. The first-order valence-electron chi connectivity index (χ1n) is 9.85. The van der Waals surface area contributed by atoms with Crippen LogP contribution in [0.1, 0.15) is 23.9 Å². The third-order valence-electron chi connectivity index (χ3n) is 4.66. The molecule has 1 aromatic heterocycles. The highest BCUT2D eigenvalue weighted by molar-refractivity contribution is 7.99. The fraction of sp³-hybridized carbons (Fsp3) is 0.286. The second-order valence-electron chi connectivity index (χ2n) is 7.06. The minimum absolute atomic E-state index is 0.0171. The third-order valence-corrected chi connectivity index (χ3v) is 6.56. The molecule has 0 unspecified atom stereocenters. The largest absolute Gasteiger partial charge is 0.485 e. The fourth-order valence-corrected chi connectivity index (χ4v) is 4.41. The normalized spacial score (nSPS) is 11.4. The lowest BCUT2D eigenvalue weighted by atomic mass is 10.1. The van der Waals surface area contributed by atoms with Crippen LogP contribution in [0, 0.1) is 13.8 Å². The summed E-state index contributed by atoms with van der Waals surface area (Å²) in [6.07, 6.45) is 0. The second-order valence-corrected chi connectivity index (χ2v) is 9.56. The molecular weight excluding hydrogens is 450 g/mol. The van der Waals surface area contributed by atoms with E-state index < -0.39 is 10.0 Å². The summed E-state index contributed by atoms with van der Waals surface area (Å²) in [6, 6.07) is 11.6. The number of sulfonamides is 1. The standard InChI is InChI=1S/C21H25N5O4S2/c1-4-26-18(12-30-20-14(2)6-5-7-15(20)3)24-25-21(26)31-13-19(27)23-16-8-10-17(11-9-16)32(22,28)29/h5-11H,4,12-13H2,1-3H3,(H,23,27)(H2,22,28,29). The number of nitrogens with two attached hydrogens (primary N) is 1. The van der Waals surface area contributed by atoms with Gasteiger partial charge in [-0.1, -0.05) is 30.0 Å². The maximum atomic E-state index is 12.3. The molecule has 0 bridgehead atoms. The third kappa shape index (κ3) is 5.87. The second kappa shape index (κ2) is 10.2. The van der Waals surface area contributed by atoms with Gasteiger partial charge in [0.2, 0.25) is 15.9 Å². The highest BCUT2D eigenvalue weighted by Crippen LogP contribution is 2.24. The molecule has 32 heavy (non-hydrogen) atoms. The van der Waals surface area contributed by atoms with Gasteiger partial charge in [0.1, 0.15) is 12.4 Å². The molecule has 0 aliphatic rings. The van der Waals surface area contributed by atoms with Gasteiger partial charge in [-0.05, 0) is 56.2 Å². The summed E-state index contributed by atoms with van der Waals surface area (Å²) in [7, 11) is -3.77. The highest BCUT2D eigenvalue weighted by Gasteiger charge is 2.15. The summed E-state index contributed by atoms with van der Waals surface area (Å²) in [6.45, 7) is 6.88. The Balaban J connectivity index is 1.59. The van der Waals surface area contributed by atoms with Gasteiger partial charge in [-0.15, -0.1) is 10.2 Å². The fourth-order valence-electron chi connectivity index (χ4n) is 3.07. The number of benzene rings is 2. The van der Waals surface area contributed by atoms with Gasteiger partial charge in [0.25, 0.3) is 0 Å². The summed E-state index contributed by atoms with van der Waals surface area (Å²) in [5.74, 6) is 1.38. The first kappa shape index (κ1) is 23.8. The number of aromatic nitrogens is 3. The van der Waals surface area contributed by atoms with Crippen molar-refractivity contribution in [2.45, 2.75) is 44.0 Å². The van der Waals surface area contributed by atoms with Gasteiger partial charge in [-0.3, -0.25) is 4.79 Å². The Hall–Kier alpha value is -2.89. The van der Waals surface area contributed by atoms with Crippen molar-refractivity contribution in [3.05, 3.63) is 59.4 Å². The van der Waals surface area contributed by atoms with Crippen LogP contribution >= 0.6 is 11.8 Å². The van der Waals surface area contributed by atoms with E-state index in [0.29, 0.717) is 23.2 Å². The van der Waals surface area contributed by atoms with Crippen LogP contribution in [-0.2, 0) is 28.0 Å². The Bertz CT molecular complexity index is 1190. The molecule has 3 aromatic rings. The SMILES string of the molecule is CCn1c(COc2c(C)cccc2C)nnc1SCC(=O)Nc1ccc(S(N)(=O)=O)cc1. The summed E-state index contributed by atoms with van der Waals surface area (Å²) < 4.78 is 30.5. The van der Waals surface area contributed by atoms with Crippen molar-refractivity contribution in [3.63, 3.8) is 0 Å². The number of nitrogens with zero attached hydrogens (tertiary/aromatic N) is 3. The summed E-state index contributed by atoms with van der Waals surface area (Å²) in [4.78, 5) is 12.3. The number of thioether (sulfide) groups is 1. The molecule has 11 heteroatoms. The average Bonchev–Trinajstić information content (AvgIpc) is 3.13. The highest BCUT2D eigenvalue weighted by atomic mass is 32.2. The van der Waals surface area contributed by atoms with Gasteiger partial charge < -0.3 is 14.6 Å². The van der Waals surface area contributed by atoms with E-state index in [4.69, 9.17) is 9.88 Å². The topological polar surface area (TPSA) is 129 Å². The molecule has 2 aromatic carbocycles. The Morgan fingerprint density at radius 2 is 1.78 bits per heavy atom. The smallest absolute Gasteiger partial charge is 0.238 e. The van der Waals surface area contributed by atoms with E-state index in [9.17, 15) is 13.2 Å². The van der Waals surface area contributed by atoms with Crippen LogP contribution in [0.4, 0.5) is 5.69 Å². The molecule has 9 nitrogen and oxygen atoms in total. The molecule has 0 saturated heterocycles. The number of nitrogens with one attached hydrogen (secondary N) is 1. The van der Waals surface area contributed by atoms with Gasteiger partial charge in [0, 0.05) is 12.2 Å². The van der Waals surface area contributed by atoms with Crippen LogP contribution < -0.4 is 15.2 Å². The number of ether oxygens (including phenoxy) is 1. The number of hydrogen-bond acceptors (Lipinski definition) is 7. The van der Waals surface area contributed by atoms with Crippen molar-refractivity contribution >= 4 is 33.4 Å². The van der Waals surface area contributed by atoms with E-state index in [-0.39, 0.29) is 23.2 Å². The molecule has 170 valence electrons. The van der Waals surface area contributed by atoms with E-state index in [1.807, 2.05) is 43.5 Å². The van der Waals surface area contributed by atoms with Crippen molar-refractivity contribution in [2.75, 3.05) is 11.1 Å². The van der Waals surface area contributed by atoms with E-state index >= 15 is 0 Å². The number of amides is 1. The average molecular weight is 476 g/mol. The maximum Gasteiger partial charge on any atom is 0.238 e. The lowest BCUT2D eigenvalue weighted by Crippen LogP contribution is -2.15. The van der Waals surface area contributed by atoms with Gasteiger partial charge in [-0.25, -0.2) is 13.6 Å². The predicted octanol–water partition coefficient (Wildman–Crippen LogP) is 2.87. The van der Waals surface area contributed by atoms with E-state index in [1.54, 1.807) is 0 Å². The van der Waals surface area contributed by atoms with Crippen molar-refractivity contribution in [2.24, 2.45) is 5.14 Å². The number of carbonyl (C=O) groups excluding carboxylic acids is 1. The molecule has 3 rings (SSSR count). The van der Waals surface area contributed by atoms with Crippen molar-refractivity contribution < 1.29 is 17.9 Å². The van der Waals surface area contributed by atoms with Crippen LogP contribution in [0.15, 0.2) is 52.5 Å². The summed E-state index contributed by atoms with van der Waals surface area (Å²) in [5.41, 5.74) is 2.58. The number of anilines is 1. The lowest BCUT2D eigenvalue weighted by molar-refractivity contribution is -0.113. The Morgan fingerprint density at radius 3 is 2.38 bits per heavy atom. The molecule has 0 spiro atoms. The van der Waals surface area contributed by atoms with E-state index in [1.165, 1.54) is 36.0 Å². The Labute approximate surface area is 191 Å². The Kier molecular flexibility index (Phi) is 7.54. The zero-order chi connectivity index (χ0) is 23.3. The molecule has 0 saturated carbocycles. The monoisotopic (exact) mass is 475 g/mol. The van der Waals surface area contributed by atoms with Crippen molar-refractivity contribution in [1.29, 1.82) is 0 Å². The molecule has 0 fully saturated rings. The molecular formula is C21H25N5O4S2. The van der Waals surface area contributed by atoms with Crippen LogP contribution in [0.2, 0.25) is 0 Å². The predicted molar refractivity (Wildman–Crippen MR) is 123 cm³/mol. The minimum atomic E-state index is -3.77. The van der Waals surface area contributed by atoms with Gasteiger partial charge >= 0.3 is 0 Å². The molecule has 0 aliphatic heterocycles. The van der Waals surface area contributed by atoms with Crippen LogP contribution in [0.25, 0.3) is 0 Å². The minimum Gasteiger partial charge on any atom is -0.485 e. The van der Waals surface area contributed by atoms with Crippen molar-refractivity contribution in [1.82, 2.24) is 14.8 Å². The number of rotatable bonds is 9. The van der Waals surface area contributed by atoms with Crippen LogP contribution in [0.3, 0.4) is 0 Å². The maximum absolute atomic E-state index is 12.3. The first-order chi connectivity index (χ1) is 15.2. The van der Waals surface area contributed by atoms with Crippen LogP contribution in [-0.4, -0.2) is 34.8 Å². The summed E-state index contributed by atoms with van der Waals surface area (Å²) >= 11 is 1.26. The van der Waals surface area contributed by atoms with Crippen LogP contribution in [0.5, 0.6) is 5.75 Å². The number of primary sulfonamides is 1. The molecule has 0 radical (unpaired) electrons. The van der Waals surface area contributed by atoms with Gasteiger partial charge in [-0.2, -0.15) is 0 Å². The van der Waals surface area contributed by atoms with Crippen molar-refractivity contribution in [3.8, 4) is 5.75 Å². The molecule has 1 amide bonds. The quantitative estimate of drug-likeness (QED) is 0.455. The summed E-state index contributed by atoms with van der Waals surface area (Å²) in [5, 5.41) is 16.8. The van der Waals surface area contributed by atoms with Gasteiger partial charge in [0.15, 0.2) is 11.0 Å². The zero-order valence-electron chi connectivity index (χ0n) is 18.0. The number of hydrogen-bond donors (Lipinski definition) is 2. The molecule has 0 atom stereocenters. The number of aryl methyl sites for hydroxylation is 2. The number of carbonyl (C=O) groups is 1. The zero-order valence-corrected chi connectivity index (χ0v) is 19.7. The van der Waals surface area contributed by atoms with Gasteiger partial charge in [0.05, 0.1) is 10.6 Å². The van der Waals surface area contributed by atoms with E-state index in [0.717, 1.165) is 16.9 Å².